The number of thiophene rings is 1. The SMILES string of the molecule is C=N/C=C\C(=C/C)CNc1nc(Cl)nc2ccsc12. The number of nitrogens with zero attached hydrogens (tertiary/aromatic N) is 3. The van der Waals surface area contributed by atoms with Crippen molar-refractivity contribution < 1.29 is 0 Å². The summed E-state index contributed by atoms with van der Waals surface area (Å²) in [5, 5.41) is 5.49. The van der Waals surface area contributed by atoms with E-state index in [1.807, 2.05) is 30.5 Å². The highest BCUT2D eigenvalue weighted by Crippen LogP contribution is 2.27. The van der Waals surface area contributed by atoms with Crippen LogP contribution in [0.2, 0.25) is 5.28 Å². The first-order chi connectivity index (χ1) is 9.24. The lowest BCUT2D eigenvalue weighted by Gasteiger charge is -2.07. The van der Waals surface area contributed by atoms with Crippen LogP contribution in [0.25, 0.3) is 10.2 Å². The van der Waals surface area contributed by atoms with E-state index in [0.717, 1.165) is 21.6 Å². The van der Waals surface area contributed by atoms with E-state index in [0.29, 0.717) is 6.54 Å². The molecule has 0 radical (unpaired) electrons. The lowest BCUT2D eigenvalue weighted by Crippen LogP contribution is -2.05. The van der Waals surface area contributed by atoms with Gasteiger partial charge in [0, 0.05) is 12.7 Å². The summed E-state index contributed by atoms with van der Waals surface area (Å²) in [6.07, 6.45) is 5.56. The predicted octanol–water partition coefficient (Wildman–Crippen LogP) is 3.92. The first-order valence-corrected chi connectivity index (χ1v) is 6.92. The van der Waals surface area contributed by atoms with Crippen LogP contribution in [0, 0.1) is 0 Å². The molecule has 1 N–H and O–H groups in total. The quantitative estimate of drug-likeness (QED) is 0.516. The molecule has 0 spiro atoms. The molecule has 0 aliphatic carbocycles. The van der Waals surface area contributed by atoms with E-state index in [9.17, 15) is 0 Å². The maximum Gasteiger partial charge on any atom is 0.224 e. The molecule has 19 heavy (non-hydrogen) atoms. The van der Waals surface area contributed by atoms with Crippen LogP contribution in [-0.4, -0.2) is 23.2 Å². The Hall–Kier alpha value is -1.72. The molecule has 2 heterocycles. The number of aliphatic imine (C=N–C) groups is 1. The van der Waals surface area contributed by atoms with E-state index in [1.165, 1.54) is 0 Å². The Balaban J connectivity index is 2.19. The molecule has 0 bridgehead atoms. The van der Waals surface area contributed by atoms with E-state index in [-0.39, 0.29) is 5.28 Å². The smallest absolute Gasteiger partial charge is 0.224 e. The van der Waals surface area contributed by atoms with Crippen molar-refractivity contribution in [2.24, 2.45) is 4.99 Å². The normalized spacial score (nSPS) is 12.2. The zero-order valence-corrected chi connectivity index (χ0v) is 12.0. The summed E-state index contributed by atoms with van der Waals surface area (Å²) in [6, 6.07) is 1.93. The number of hydrogen-bond donors (Lipinski definition) is 1. The fourth-order valence-electron chi connectivity index (χ4n) is 1.55. The van der Waals surface area contributed by atoms with Crippen LogP contribution in [0.3, 0.4) is 0 Å². The van der Waals surface area contributed by atoms with Crippen LogP contribution in [0.5, 0.6) is 0 Å². The van der Waals surface area contributed by atoms with Gasteiger partial charge in [0.15, 0.2) is 0 Å². The zero-order chi connectivity index (χ0) is 13.7. The van der Waals surface area contributed by atoms with Crippen molar-refractivity contribution in [3.05, 3.63) is 40.7 Å². The molecule has 0 atom stereocenters. The van der Waals surface area contributed by atoms with Crippen LogP contribution < -0.4 is 5.32 Å². The molecule has 2 aromatic heterocycles. The Morgan fingerprint density at radius 1 is 1.58 bits per heavy atom. The van der Waals surface area contributed by atoms with Crippen molar-refractivity contribution in [2.45, 2.75) is 6.92 Å². The average molecular weight is 293 g/mol. The summed E-state index contributed by atoms with van der Waals surface area (Å²) in [6.45, 7) is 6.02. The number of aromatic nitrogens is 2. The lowest BCUT2D eigenvalue weighted by atomic mass is 10.2. The molecular weight excluding hydrogens is 280 g/mol. The second-order valence-corrected chi connectivity index (χ2v) is 4.95. The molecule has 2 rings (SSSR count). The zero-order valence-electron chi connectivity index (χ0n) is 10.4. The molecule has 0 aliphatic rings. The van der Waals surface area contributed by atoms with E-state index in [4.69, 9.17) is 11.6 Å². The maximum absolute atomic E-state index is 5.90. The molecule has 0 aromatic carbocycles. The molecule has 0 aliphatic heterocycles. The van der Waals surface area contributed by atoms with Gasteiger partial charge in [-0.05, 0) is 48.3 Å². The van der Waals surface area contributed by atoms with Gasteiger partial charge in [-0.15, -0.1) is 11.3 Å². The van der Waals surface area contributed by atoms with Gasteiger partial charge in [0.2, 0.25) is 5.28 Å². The van der Waals surface area contributed by atoms with Crippen molar-refractivity contribution in [2.75, 3.05) is 11.9 Å². The van der Waals surface area contributed by atoms with E-state index >= 15 is 0 Å². The number of nitrogens with one attached hydrogen (secondary N) is 1. The number of rotatable bonds is 5. The third kappa shape index (κ3) is 3.39. The summed E-state index contributed by atoms with van der Waals surface area (Å²) in [4.78, 5) is 12.1. The van der Waals surface area contributed by atoms with Gasteiger partial charge in [-0.25, -0.2) is 4.98 Å². The van der Waals surface area contributed by atoms with Crippen LogP contribution in [0.1, 0.15) is 6.92 Å². The van der Waals surface area contributed by atoms with Crippen molar-refractivity contribution in [1.82, 2.24) is 9.97 Å². The minimum Gasteiger partial charge on any atom is -0.365 e. The van der Waals surface area contributed by atoms with Gasteiger partial charge >= 0.3 is 0 Å². The van der Waals surface area contributed by atoms with Crippen molar-refractivity contribution in [3.8, 4) is 0 Å². The maximum atomic E-state index is 5.90. The van der Waals surface area contributed by atoms with Gasteiger partial charge in [-0.1, -0.05) is 6.08 Å². The van der Waals surface area contributed by atoms with Crippen molar-refractivity contribution in [3.63, 3.8) is 0 Å². The Kier molecular flexibility index (Phi) is 4.65. The molecule has 4 nitrogen and oxygen atoms in total. The minimum atomic E-state index is 0.249. The monoisotopic (exact) mass is 292 g/mol. The van der Waals surface area contributed by atoms with Crippen LogP contribution in [-0.2, 0) is 0 Å². The number of hydrogen-bond acceptors (Lipinski definition) is 5. The number of anilines is 1. The van der Waals surface area contributed by atoms with E-state index in [1.54, 1.807) is 17.5 Å². The molecule has 0 saturated heterocycles. The first kappa shape index (κ1) is 13.7. The second kappa shape index (κ2) is 6.45. The molecule has 0 fully saturated rings. The molecule has 98 valence electrons. The summed E-state index contributed by atoms with van der Waals surface area (Å²) in [5.74, 6) is 0.754. The van der Waals surface area contributed by atoms with Gasteiger partial charge in [-0.3, -0.25) is 4.99 Å². The topological polar surface area (TPSA) is 50.2 Å². The summed E-state index contributed by atoms with van der Waals surface area (Å²) in [5.41, 5.74) is 1.95. The summed E-state index contributed by atoms with van der Waals surface area (Å²) < 4.78 is 1.01. The lowest BCUT2D eigenvalue weighted by molar-refractivity contribution is 1.16. The molecular formula is C13H13ClN4S. The van der Waals surface area contributed by atoms with E-state index < -0.39 is 0 Å². The third-order valence-corrected chi connectivity index (χ3v) is 3.58. The highest BCUT2D eigenvalue weighted by atomic mass is 35.5. The van der Waals surface area contributed by atoms with Gasteiger partial charge in [-0.2, -0.15) is 4.98 Å². The second-order valence-electron chi connectivity index (χ2n) is 3.69. The largest absolute Gasteiger partial charge is 0.365 e. The standard InChI is InChI=1S/C13H13ClN4S/c1-3-9(4-6-15-2)8-16-12-11-10(5-7-19-11)17-13(14)18-12/h3-7H,2,8H2,1H3,(H,16,17,18)/b6-4-,9-3+. The van der Waals surface area contributed by atoms with Gasteiger partial charge in [0.25, 0.3) is 0 Å². The molecule has 6 heteroatoms. The van der Waals surface area contributed by atoms with E-state index in [2.05, 4.69) is 27.0 Å². The predicted molar refractivity (Wildman–Crippen MR) is 83.4 cm³/mol. The molecule has 0 unspecified atom stereocenters. The average Bonchev–Trinajstić information content (AvgIpc) is 2.86. The van der Waals surface area contributed by atoms with Crippen molar-refractivity contribution >= 4 is 45.7 Å². The fraction of sp³-hybridized carbons (Fsp3) is 0.154. The number of fused-ring (bicyclic) bond motifs is 1. The summed E-state index contributed by atoms with van der Waals surface area (Å²) in [7, 11) is 0. The molecule has 2 aromatic rings. The third-order valence-electron chi connectivity index (χ3n) is 2.50. The van der Waals surface area contributed by atoms with Gasteiger partial charge < -0.3 is 5.32 Å². The molecule has 0 saturated carbocycles. The minimum absolute atomic E-state index is 0.249. The number of allylic oxidation sites excluding steroid dienone is 1. The fourth-order valence-corrected chi connectivity index (χ4v) is 2.52. The number of halogens is 1. The Labute approximate surface area is 120 Å². The van der Waals surface area contributed by atoms with Crippen molar-refractivity contribution in [1.29, 1.82) is 0 Å². The Morgan fingerprint density at radius 3 is 3.16 bits per heavy atom. The Bertz CT molecular complexity index is 645. The highest BCUT2D eigenvalue weighted by molar-refractivity contribution is 7.17. The van der Waals surface area contributed by atoms with Crippen LogP contribution in [0.4, 0.5) is 5.82 Å². The highest BCUT2D eigenvalue weighted by Gasteiger charge is 2.07. The summed E-state index contributed by atoms with van der Waals surface area (Å²) >= 11 is 7.49. The van der Waals surface area contributed by atoms with Gasteiger partial charge in [0.05, 0.1) is 10.2 Å². The first-order valence-electron chi connectivity index (χ1n) is 5.66. The van der Waals surface area contributed by atoms with Crippen LogP contribution >= 0.6 is 22.9 Å². The Morgan fingerprint density at radius 2 is 2.42 bits per heavy atom. The van der Waals surface area contributed by atoms with Gasteiger partial charge in [0.1, 0.15) is 5.82 Å². The van der Waals surface area contributed by atoms with Crippen LogP contribution in [0.15, 0.2) is 40.4 Å². The molecule has 0 amide bonds.